The molecule has 0 bridgehead atoms. The lowest BCUT2D eigenvalue weighted by Crippen LogP contribution is -2.36. The highest BCUT2D eigenvalue weighted by Gasteiger charge is 2.15. The second-order valence-corrected chi connectivity index (χ2v) is 5.94. The quantitative estimate of drug-likeness (QED) is 0.768. The third-order valence-electron chi connectivity index (χ3n) is 3.11. The molecule has 4 heteroatoms. The number of aliphatic carboxylic acids is 1. The lowest BCUT2D eigenvalue weighted by Gasteiger charge is -2.14. The van der Waals surface area contributed by atoms with Gasteiger partial charge in [0.25, 0.3) is 0 Å². The van der Waals surface area contributed by atoms with E-state index in [-0.39, 0.29) is 0 Å². The van der Waals surface area contributed by atoms with Crippen LogP contribution in [0.3, 0.4) is 0 Å². The fraction of sp³-hybridized carbons (Fsp3) is 0.533. The molecule has 19 heavy (non-hydrogen) atoms. The largest absolute Gasteiger partial charge is 0.480 e. The number of hydrogen-bond donors (Lipinski definition) is 2. The van der Waals surface area contributed by atoms with Crippen LogP contribution in [-0.2, 0) is 11.3 Å². The van der Waals surface area contributed by atoms with E-state index in [0.717, 1.165) is 11.3 Å². The Kier molecular flexibility index (Phi) is 6.95. The summed E-state index contributed by atoms with van der Waals surface area (Å²) in [7, 11) is 0. The summed E-state index contributed by atoms with van der Waals surface area (Å²) in [6.07, 6.45) is 2.64. The highest BCUT2D eigenvalue weighted by atomic mass is 32.2. The van der Waals surface area contributed by atoms with Crippen LogP contribution in [-0.4, -0.2) is 29.1 Å². The van der Waals surface area contributed by atoms with E-state index >= 15 is 0 Å². The minimum absolute atomic E-state index is 0.461. The van der Waals surface area contributed by atoms with Crippen LogP contribution in [0.5, 0.6) is 0 Å². The summed E-state index contributed by atoms with van der Waals surface area (Å²) in [5.41, 5.74) is 2.43. The molecule has 3 nitrogen and oxygen atoms in total. The Morgan fingerprint density at radius 2 is 1.95 bits per heavy atom. The van der Waals surface area contributed by atoms with Gasteiger partial charge in [0.1, 0.15) is 6.04 Å². The fourth-order valence-electron chi connectivity index (χ4n) is 1.81. The summed E-state index contributed by atoms with van der Waals surface area (Å²) < 4.78 is 0. The zero-order valence-corrected chi connectivity index (χ0v) is 12.7. The van der Waals surface area contributed by atoms with E-state index in [0.29, 0.717) is 18.9 Å². The van der Waals surface area contributed by atoms with Gasteiger partial charge in [0.2, 0.25) is 0 Å². The highest BCUT2D eigenvalue weighted by molar-refractivity contribution is 7.98. The third kappa shape index (κ3) is 5.66. The molecule has 106 valence electrons. The van der Waals surface area contributed by atoms with Crippen LogP contribution in [0.1, 0.15) is 37.3 Å². The van der Waals surface area contributed by atoms with Crippen molar-refractivity contribution in [2.45, 2.75) is 38.8 Å². The second kappa shape index (κ2) is 8.23. The number of carboxylic acid groups (broad SMARTS) is 1. The number of carboxylic acids is 1. The van der Waals surface area contributed by atoms with Crippen LogP contribution in [0.2, 0.25) is 0 Å². The zero-order valence-electron chi connectivity index (χ0n) is 11.8. The average molecular weight is 281 g/mol. The Morgan fingerprint density at radius 1 is 1.32 bits per heavy atom. The van der Waals surface area contributed by atoms with Gasteiger partial charge in [-0.15, -0.1) is 0 Å². The molecule has 2 N–H and O–H groups in total. The van der Waals surface area contributed by atoms with Crippen molar-refractivity contribution in [2.24, 2.45) is 0 Å². The molecule has 1 atom stereocenters. The molecule has 0 heterocycles. The molecular formula is C15H23NO2S. The molecule has 0 unspecified atom stereocenters. The summed E-state index contributed by atoms with van der Waals surface area (Å²) in [5.74, 6) is 0.610. The van der Waals surface area contributed by atoms with E-state index in [1.807, 2.05) is 6.26 Å². The molecule has 0 amide bonds. The van der Waals surface area contributed by atoms with Crippen LogP contribution >= 0.6 is 11.8 Å². The summed E-state index contributed by atoms with van der Waals surface area (Å²) in [4.78, 5) is 11.1. The number of benzene rings is 1. The van der Waals surface area contributed by atoms with Gasteiger partial charge in [0.15, 0.2) is 0 Å². The molecule has 0 radical (unpaired) electrons. The van der Waals surface area contributed by atoms with Crippen molar-refractivity contribution in [2.75, 3.05) is 12.0 Å². The molecule has 0 aromatic heterocycles. The maximum absolute atomic E-state index is 11.1. The Balaban J connectivity index is 2.51. The van der Waals surface area contributed by atoms with Gasteiger partial charge in [0, 0.05) is 6.54 Å². The third-order valence-corrected chi connectivity index (χ3v) is 3.75. The summed E-state index contributed by atoms with van der Waals surface area (Å²) >= 11 is 1.67. The van der Waals surface area contributed by atoms with Gasteiger partial charge in [-0.05, 0) is 35.5 Å². The molecule has 0 spiro atoms. The lowest BCUT2D eigenvalue weighted by atomic mass is 10.0. The molecule has 0 aliphatic rings. The SMILES string of the molecule is CSCC[C@@H](NCc1ccc(C(C)C)cc1)C(=O)O. The van der Waals surface area contributed by atoms with Gasteiger partial charge >= 0.3 is 5.97 Å². The van der Waals surface area contributed by atoms with Crippen LogP contribution in [0.25, 0.3) is 0 Å². The fourth-order valence-corrected chi connectivity index (χ4v) is 2.28. The van der Waals surface area contributed by atoms with Crippen molar-refractivity contribution < 1.29 is 9.90 Å². The van der Waals surface area contributed by atoms with E-state index in [4.69, 9.17) is 5.11 Å². The number of thioether (sulfide) groups is 1. The van der Waals surface area contributed by atoms with Crippen LogP contribution in [0.4, 0.5) is 0 Å². The Bertz CT molecular complexity index is 390. The monoisotopic (exact) mass is 281 g/mol. The molecule has 0 saturated carbocycles. The minimum Gasteiger partial charge on any atom is -0.480 e. The Hall–Kier alpha value is -1.00. The first-order valence-corrected chi connectivity index (χ1v) is 7.98. The minimum atomic E-state index is -0.771. The molecule has 0 fully saturated rings. The molecule has 1 aromatic carbocycles. The van der Waals surface area contributed by atoms with Crippen molar-refractivity contribution >= 4 is 17.7 Å². The normalized spacial score (nSPS) is 12.6. The first-order chi connectivity index (χ1) is 9.04. The number of hydrogen-bond acceptors (Lipinski definition) is 3. The van der Waals surface area contributed by atoms with E-state index in [1.54, 1.807) is 11.8 Å². The maximum Gasteiger partial charge on any atom is 0.320 e. The van der Waals surface area contributed by atoms with Crippen LogP contribution in [0, 0.1) is 0 Å². The molecule has 0 aliphatic carbocycles. The second-order valence-electron chi connectivity index (χ2n) is 4.95. The highest BCUT2D eigenvalue weighted by Crippen LogP contribution is 2.14. The zero-order chi connectivity index (χ0) is 14.3. The first-order valence-electron chi connectivity index (χ1n) is 6.58. The number of carbonyl (C=O) groups is 1. The number of nitrogens with one attached hydrogen (secondary N) is 1. The van der Waals surface area contributed by atoms with Crippen molar-refractivity contribution in [1.82, 2.24) is 5.32 Å². The predicted octanol–water partition coefficient (Wildman–Crippen LogP) is 3.11. The molecule has 1 aromatic rings. The molecule has 0 aliphatic heterocycles. The Labute approximate surface area is 119 Å². The van der Waals surface area contributed by atoms with Crippen LogP contribution < -0.4 is 5.32 Å². The number of rotatable bonds is 8. The summed E-state index contributed by atoms with van der Waals surface area (Å²) in [6, 6.07) is 7.89. The van der Waals surface area contributed by atoms with Gasteiger partial charge in [-0.25, -0.2) is 0 Å². The van der Waals surface area contributed by atoms with E-state index in [1.165, 1.54) is 5.56 Å². The van der Waals surface area contributed by atoms with Crippen molar-refractivity contribution in [3.05, 3.63) is 35.4 Å². The van der Waals surface area contributed by atoms with E-state index in [2.05, 4.69) is 43.4 Å². The van der Waals surface area contributed by atoms with Gasteiger partial charge in [-0.2, -0.15) is 11.8 Å². The molecule has 0 saturated heterocycles. The topological polar surface area (TPSA) is 49.3 Å². The molecule has 1 rings (SSSR count). The van der Waals surface area contributed by atoms with Gasteiger partial charge in [-0.3, -0.25) is 4.79 Å². The first kappa shape index (κ1) is 16.1. The van der Waals surface area contributed by atoms with Crippen molar-refractivity contribution in [3.8, 4) is 0 Å². The summed E-state index contributed by atoms with van der Waals surface area (Å²) in [5, 5.41) is 12.2. The predicted molar refractivity (Wildman–Crippen MR) is 81.8 cm³/mol. The summed E-state index contributed by atoms with van der Waals surface area (Å²) in [6.45, 7) is 4.93. The standard InChI is InChI=1S/C15H23NO2S/c1-11(2)13-6-4-12(5-7-13)10-16-14(15(17)18)8-9-19-3/h4-7,11,14,16H,8-10H2,1-3H3,(H,17,18)/t14-/m1/s1. The lowest BCUT2D eigenvalue weighted by molar-refractivity contribution is -0.139. The van der Waals surface area contributed by atoms with Gasteiger partial charge in [-0.1, -0.05) is 38.1 Å². The van der Waals surface area contributed by atoms with Gasteiger partial charge < -0.3 is 10.4 Å². The van der Waals surface area contributed by atoms with E-state index in [9.17, 15) is 4.79 Å². The molecular weight excluding hydrogens is 258 g/mol. The van der Waals surface area contributed by atoms with Crippen molar-refractivity contribution in [1.29, 1.82) is 0 Å². The van der Waals surface area contributed by atoms with Gasteiger partial charge in [0.05, 0.1) is 0 Å². The smallest absolute Gasteiger partial charge is 0.320 e. The van der Waals surface area contributed by atoms with Crippen LogP contribution in [0.15, 0.2) is 24.3 Å². The average Bonchev–Trinajstić information content (AvgIpc) is 2.39. The van der Waals surface area contributed by atoms with Crippen molar-refractivity contribution in [3.63, 3.8) is 0 Å². The Morgan fingerprint density at radius 3 is 2.42 bits per heavy atom. The maximum atomic E-state index is 11.1. The van der Waals surface area contributed by atoms with E-state index < -0.39 is 12.0 Å².